The van der Waals surface area contributed by atoms with Crippen LogP contribution in [0.1, 0.15) is 17.2 Å². The molecule has 0 heterocycles. The van der Waals surface area contributed by atoms with Crippen LogP contribution in [0.3, 0.4) is 0 Å². The van der Waals surface area contributed by atoms with Crippen LogP contribution in [0, 0.1) is 0 Å². The SMILES string of the molecule is C=Cc1ccccc1.NC(CO)c1ccccc1. The molecule has 94 valence electrons. The van der Waals surface area contributed by atoms with Gasteiger partial charge in [0.2, 0.25) is 0 Å². The Balaban J connectivity index is 0.000000184. The van der Waals surface area contributed by atoms with Crippen molar-refractivity contribution in [1.29, 1.82) is 0 Å². The van der Waals surface area contributed by atoms with Gasteiger partial charge >= 0.3 is 0 Å². The van der Waals surface area contributed by atoms with Gasteiger partial charge in [-0.25, -0.2) is 0 Å². The number of hydrogen-bond donors (Lipinski definition) is 2. The normalized spacial score (nSPS) is 11.0. The number of hydrogen-bond acceptors (Lipinski definition) is 2. The highest BCUT2D eigenvalue weighted by molar-refractivity contribution is 5.45. The van der Waals surface area contributed by atoms with Gasteiger partial charge < -0.3 is 10.8 Å². The maximum absolute atomic E-state index is 8.66. The van der Waals surface area contributed by atoms with Crippen LogP contribution in [-0.4, -0.2) is 11.7 Å². The molecule has 0 amide bonds. The minimum Gasteiger partial charge on any atom is -0.394 e. The zero-order chi connectivity index (χ0) is 13.2. The van der Waals surface area contributed by atoms with E-state index in [4.69, 9.17) is 10.8 Å². The van der Waals surface area contributed by atoms with Crippen molar-refractivity contribution >= 4 is 6.08 Å². The fourth-order valence-corrected chi connectivity index (χ4v) is 1.39. The minimum absolute atomic E-state index is 0.00398. The molecule has 3 N–H and O–H groups in total. The second kappa shape index (κ2) is 8.23. The van der Waals surface area contributed by atoms with Crippen molar-refractivity contribution in [3.05, 3.63) is 78.4 Å². The minimum atomic E-state index is -0.235. The number of nitrogens with two attached hydrogens (primary N) is 1. The van der Waals surface area contributed by atoms with E-state index in [0.29, 0.717) is 0 Å². The lowest BCUT2D eigenvalue weighted by atomic mass is 10.1. The third kappa shape index (κ3) is 4.95. The predicted octanol–water partition coefficient (Wildman–Crippen LogP) is 3.01. The van der Waals surface area contributed by atoms with E-state index in [0.717, 1.165) is 5.56 Å². The van der Waals surface area contributed by atoms with Gasteiger partial charge in [0.1, 0.15) is 0 Å². The molecule has 2 aromatic carbocycles. The van der Waals surface area contributed by atoms with E-state index in [1.54, 1.807) is 0 Å². The lowest BCUT2D eigenvalue weighted by Gasteiger charge is -2.06. The molecule has 18 heavy (non-hydrogen) atoms. The number of aliphatic hydroxyl groups is 1. The summed E-state index contributed by atoms with van der Waals surface area (Å²) in [4.78, 5) is 0. The van der Waals surface area contributed by atoms with Gasteiger partial charge in [0, 0.05) is 0 Å². The summed E-state index contributed by atoms with van der Waals surface area (Å²) in [5, 5.41) is 8.66. The molecule has 2 aromatic rings. The Labute approximate surface area is 108 Å². The first-order valence-electron chi connectivity index (χ1n) is 5.86. The molecule has 0 aromatic heterocycles. The molecule has 0 spiro atoms. The summed E-state index contributed by atoms with van der Waals surface area (Å²) in [6.45, 7) is 3.63. The molecule has 0 aliphatic rings. The van der Waals surface area contributed by atoms with Crippen LogP contribution < -0.4 is 5.73 Å². The molecular formula is C16H19NO. The zero-order valence-corrected chi connectivity index (χ0v) is 10.4. The molecule has 0 fully saturated rings. The first-order chi connectivity index (χ1) is 8.77. The molecule has 0 aliphatic heterocycles. The molecular weight excluding hydrogens is 222 g/mol. The molecule has 0 saturated carbocycles. The fourth-order valence-electron chi connectivity index (χ4n) is 1.39. The Morgan fingerprint density at radius 1 is 1.00 bits per heavy atom. The van der Waals surface area contributed by atoms with E-state index in [-0.39, 0.29) is 12.6 Å². The van der Waals surface area contributed by atoms with Crippen LogP contribution in [0.4, 0.5) is 0 Å². The fraction of sp³-hybridized carbons (Fsp3) is 0.125. The van der Waals surface area contributed by atoms with Crippen molar-refractivity contribution in [2.45, 2.75) is 6.04 Å². The van der Waals surface area contributed by atoms with Crippen LogP contribution >= 0.6 is 0 Å². The highest BCUT2D eigenvalue weighted by Gasteiger charge is 2.00. The third-order valence-electron chi connectivity index (χ3n) is 2.46. The van der Waals surface area contributed by atoms with Crippen LogP contribution in [-0.2, 0) is 0 Å². The predicted molar refractivity (Wildman–Crippen MR) is 77.0 cm³/mol. The number of aliphatic hydroxyl groups excluding tert-OH is 1. The largest absolute Gasteiger partial charge is 0.394 e. The zero-order valence-electron chi connectivity index (χ0n) is 10.4. The van der Waals surface area contributed by atoms with Gasteiger partial charge in [-0.15, -0.1) is 0 Å². The number of rotatable bonds is 3. The molecule has 0 aliphatic carbocycles. The van der Waals surface area contributed by atoms with Gasteiger partial charge in [-0.1, -0.05) is 73.3 Å². The first kappa shape index (κ1) is 14.2. The molecule has 1 unspecified atom stereocenters. The maximum Gasteiger partial charge on any atom is 0.0624 e. The lowest BCUT2D eigenvalue weighted by Crippen LogP contribution is -2.13. The second-order valence-corrected chi connectivity index (χ2v) is 3.81. The summed E-state index contributed by atoms with van der Waals surface area (Å²) >= 11 is 0. The van der Waals surface area contributed by atoms with Crippen LogP contribution in [0.2, 0.25) is 0 Å². The van der Waals surface area contributed by atoms with Crippen LogP contribution in [0.15, 0.2) is 67.2 Å². The molecule has 0 radical (unpaired) electrons. The second-order valence-electron chi connectivity index (χ2n) is 3.81. The lowest BCUT2D eigenvalue weighted by molar-refractivity contribution is 0.268. The number of benzene rings is 2. The summed E-state index contributed by atoms with van der Waals surface area (Å²) in [7, 11) is 0. The Hall–Kier alpha value is -1.90. The molecule has 0 bridgehead atoms. The van der Waals surface area contributed by atoms with Crippen molar-refractivity contribution in [1.82, 2.24) is 0 Å². The molecule has 2 heteroatoms. The van der Waals surface area contributed by atoms with Gasteiger partial charge in [0.15, 0.2) is 0 Å². The van der Waals surface area contributed by atoms with Crippen LogP contribution in [0.5, 0.6) is 0 Å². The molecule has 0 saturated heterocycles. The first-order valence-corrected chi connectivity index (χ1v) is 5.86. The van der Waals surface area contributed by atoms with E-state index >= 15 is 0 Å². The van der Waals surface area contributed by atoms with Crippen molar-refractivity contribution in [3.8, 4) is 0 Å². The third-order valence-corrected chi connectivity index (χ3v) is 2.46. The summed E-state index contributed by atoms with van der Waals surface area (Å²) < 4.78 is 0. The monoisotopic (exact) mass is 241 g/mol. The van der Waals surface area contributed by atoms with Gasteiger partial charge in [0.05, 0.1) is 12.6 Å². The highest BCUT2D eigenvalue weighted by atomic mass is 16.3. The van der Waals surface area contributed by atoms with E-state index in [1.165, 1.54) is 5.56 Å². The van der Waals surface area contributed by atoms with E-state index in [1.807, 2.05) is 66.7 Å². The maximum atomic E-state index is 8.66. The highest BCUT2D eigenvalue weighted by Crippen LogP contribution is 2.07. The average Bonchev–Trinajstić information content (AvgIpc) is 2.49. The average molecular weight is 241 g/mol. The van der Waals surface area contributed by atoms with Crippen molar-refractivity contribution in [2.75, 3.05) is 6.61 Å². The van der Waals surface area contributed by atoms with Gasteiger partial charge in [0.25, 0.3) is 0 Å². The summed E-state index contributed by atoms with van der Waals surface area (Å²) in [5.41, 5.74) is 7.69. The van der Waals surface area contributed by atoms with Gasteiger partial charge in [-0.05, 0) is 11.1 Å². The molecule has 1 atom stereocenters. The summed E-state index contributed by atoms with van der Waals surface area (Å²) in [6.07, 6.45) is 1.83. The van der Waals surface area contributed by atoms with E-state index in [2.05, 4.69) is 6.58 Å². The van der Waals surface area contributed by atoms with Crippen molar-refractivity contribution < 1.29 is 5.11 Å². The van der Waals surface area contributed by atoms with Gasteiger partial charge in [-0.3, -0.25) is 0 Å². The smallest absolute Gasteiger partial charge is 0.0624 e. The Kier molecular flexibility index (Phi) is 6.47. The van der Waals surface area contributed by atoms with Crippen molar-refractivity contribution in [3.63, 3.8) is 0 Å². The summed E-state index contributed by atoms with van der Waals surface area (Å²) in [5.74, 6) is 0. The topological polar surface area (TPSA) is 46.2 Å². The van der Waals surface area contributed by atoms with E-state index in [9.17, 15) is 0 Å². The molecule has 2 rings (SSSR count). The summed E-state index contributed by atoms with van der Waals surface area (Å²) in [6, 6.07) is 19.3. The quantitative estimate of drug-likeness (QED) is 0.867. The van der Waals surface area contributed by atoms with Crippen molar-refractivity contribution in [2.24, 2.45) is 5.73 Å². The standard InChI is InChI=1S/C8H11NO.C8H8/c9-8(6-10)7-4-2-1-3-5-7;1-2-8-6-4-3-5-7-8/h1-5,8,10H,6,9H2;2-7H,1H2. The van der Waals surface area contributed by atoms with E-state index < -0.39 is 0 Å². The Bertz CT molecular complexity index is 439. The Morgan fingerprint density at radius 3 is 1.89 bits per heavy atom. The molecule has 2 nitrogen and oxygen atoms in total. The van der Waals surface area contributed by atoms with Crippen LogP contribution in [0.25, 0.3) is 6.08 Å². The van der Waals surface area contributed by atoms with Gasteiger partial charge in [-0.2, -0.15) is 0 Å². The Morgan fingerprint density at radius 2 is 1.50 bits per heavy atom.